The lowest BCUT2D eigenvalue weighted by Gasteiger charge is -2.22. The zero-order valence-corrected chi connectivity index (χ0v) is 12.7. The molecule has 0 aromatic carbocycles. The molecule has 0 aromatic heterocycles. The Kier molecular flexibility index (Phi) is 8.42. The molecule has 0 atom stereocenters. The van der Waals surface area contributed by atoms with Gasteiger partial charge in [0.15, 0.2) is 0 Å². The molecular weight excluding hydrogens is 266 g/mol. The van der Waals surface area contributed by atoms with Gasteiger partial charge in [0.1, 0.15) is 4.32 Å². The number of hydrogen-bond donors (Lipinski definition) is 1. The molecule has 0 bridgehead atoms. The molecule has 18 heavy (non-hydrogen) atoms. The Morgan fingerprint density at radius 1 is 1.39 bits per heavy atom. The van der Waals surface area contributed by atoms with E-state index in [1.807, 2.05) is 0 Å². The molecule has 0 aliphatic heterocycles. The van der Waals surface area contributed by atoms with Crippen molar-refractivity contribution in [1.82, 2.24) is 5.32 Å². The Balaban J connectivity index is 1.98. The van der Waals surface area contributed by atoms with E-state index in [4.69, 9.17) is 12.2 Å². The number of esters is 1. The van der Waals surface area contributed by atoms with E-state index in [2.05, 4.69) is 10.1 Å². The molecule has 0 heterocycles. The molecule has 5 heteroatoms. The summed E-state index contributed by atoms with van der Waals surface area (Å²) in [6.45, 7) is 1.02. The molecule has 1 N–H and O–H groups in total. The summed E-state index contributed by atoms with van der Waals surface area (Å²) in [5, 5.41) is 3.33. The highest BCUT2D eigenvalue weighted by molar-refractivity contribution is 8.22. The van der Waals surface area contributed by atoms with Crippen LogP contribution in [0.15, 0.2) is 0 Å². The highest BCUT2D eigenvalue weighted by atomic mass is 32.2. The Labute approximate surface area is 119 Å². The SMILES string of the molecule is COC(=O)CCCSC(=S)NCC1CCCCC1. The smallest absolute Gasteiger partial charge is 0.305 e. The van der Waals surface area contributed by atoms with Gasteiger partial charge in [-0.2, -0.15) is 0 Å². The van der Waals surface area contributed by atoms with Gasteiger partial charge in [-0.05, 0) is 25.2 Å². The molecule has 1 saturated carbocycles. The van der Waals surface area contributed by atoms with Crippen LogP contribution < -0.4 is 5.32 Å². The third kappa shape index (κ3) is 7.21. The Morgan fingerprint density at radius 3 is 2.78 bits per heavy atom. The average molecular weight is 289 g/mol. The van der Waals surface area contributed by atoms with Gasteiger partial charge in [-0.1, -0.05) is 43.2 Å². The summed E-state index contributed by atoms with van der Waals surface area (Å²) in [7, 11) is 1.42. The fraction of sp³-hybridized carbons (Fsp3) is 0.846. The lowest BCUT2D eigenvalue weighted by Crippen LogP contribution is -2.27. The predicted molar refractivity (Wildman–Crippen MR) is 80.9 cm³/mol. The number of thioether (sulfide) groups is 1. The van der Waals surface area contributed by atoms with Crippen LogP contribution in [0.2, 0.25) is 0 Å². The maximum atomic E-state index is 10.9. The van der Waals surface area contributed by atoms with Crippen molar-refractivity contribution in [3.63, 3.8) is 0 Å². The normalized spacial score (nSPS) is 16.3. The first-order valence-corrected chi connectivity index (χ1v) is 8.09. The minimum Gasteiger partial charge on any atom is -0.469 e. The van der Waals surface area contributed by atoms with E-state index >= 15 is 0 Å². The lowest BCUT2D eigenvalue weighted by atomic mass is 9.89. The van der Waals surface area contributed by atoms with Crippen molar-refractivity contribution in [2.24, 2.45) is 5.92 Å². The maximum absolute atomic E-state index is 10.9. The van der Waals surface area contributed by atoms with Gasteiger partial charge in [0.2, 0.25) is 0 Å². The second kappa shape index (κ2) is 9.62. The van der Waals surface area contributed by atoms with Gasteiger partial charge in [0, 0.05) is 18.7 Å². The number of carbonyl (C=O) groups excluding carboxylic acids is 1. The molecule has 1 rings (SSSR count). The van der Waals surface area contributed by atoms with Crippen molar-refractivity contribution in [2.75, 3.05) is 19.4 Å². The molecule has 1 aliphatic carbocycles. The van der Waals surface area contributed by atoms with Crippen LogP contribution in [0.4, 0.5) is 0 Å². The van der Waals surface area contributed by atoms with E-state index in [9.17, 15) is 4.79 Å². The van der Waals surface area contributed by atoms with Gasteiger partial charge >= 0.3 is 5.97 Å². The fourth-order valence-electron chi connectivity index (χ4n) is 2.15. The summed E-state index contributed by atoms with van der Waals surface area (Å²) in [4.78, 5) is 10.9. The Hall–Kier alpha value is -0.290. The van der Waals surface area contributed by atoms with Crippen molar-refractivity contribution >= 4 is 34.3 Å². The van der Waals surface area contributed by atoms with Crippen LogP contribution in [0.25, 0.3) is 0 Å². The van der Waals surface area contributed by atoms with E-state index in [-0.39, 0.29) is 5.97 Å². The number of carbonyl (C=O) groups is 1. The van der Waals surface area contributed by atoms with E-state index in [0.717, 1.165) is 29.0 Å². The summed E-state index contributed by atoms with van der Waals surface area (Å²) < 4.78 is 5.45. The largest absolute Gasteiger partial charge is 0.469 e. The average Bonchev–Trinajstić information content (AvgIpc) is 2.42. The van der Waals surface area contributed by atoms with E-state index in [1.165, 1.54) is 39.2 Å². The topological polar surface area (TPSA) is 38.3 Å². The lowest BCUT2D eigenvalue weighted by molar-refractivity contribution is -0.140. The van der Waals surface area contributed by atoms with Crippen molar-refractivity contribution < 1.29 is 9.53 Å². The zero-order valence-electron chi connectivity index (χ0n) is 11.1. The second-order valence-corrected chi connectivity index (χ2v) is 6.47. The van der Waals surface area contributed by atoms with E-state index < -0.39 is 0 Å². The molecule has 0 spiro atoms. The standard InChI is InChI=1S/C13H23NO2S2/c1-16-12(15)8-5-9-18-13(17)14-10-11-6-3-2-4-7-11/h11H,2-10H2,1H3,(H,14,17). The first-order chi connectivity index (χ1) is 8.72. The third-order valence-electron chi connectivity index (χ3n) is 3.25. The van der Waals surface area contributed by atoms with Crippen molar-refractivity contribution in [3.05, 3.63) is 0 Å². The summed E-state index contributed by atoms with van der Waals surface area (Å²) in [6, 6.07) is 0. The number of hydrogen-bond acceptors (Lipinski definition) is 4. The quantitative estimate of drug-likeness (QED) is 0.462. The van der Waals surface area contributed by atoms with Gasteiger partial charge < -0.3 is 10.1 Å². The number of rotatable bonds is 6. The van der Waals surface area contributed by atoms with Gasteiger partial charge in [-0.15, -0.1) is 0 Å². The number of nitrogens with one attached hydrogen (secondary N) is 1. The molecule has 0 radical (unpaired) electrons. The van der Waals surface area contributed by atoms with Crippen molar-refractivity contribution in [3.8, 4) is 0 Å². The zero-order chi connectivity index (χ0) is 13.2. The number of ether oxygens (including phenoxy) is 1. The summed E-state index contributed by atoms with van der Waals surface area (Å²) in [6.07, 6.45) is 8.10. The van der Waals surface area contributed by atoms with Crippen LogP contribution >= 0.6 is 24.0 Å². The van der Waals surface area contributed by atoms with Gasteiger partial charge in [-0.25, -0.2) is 0 Å². The molecule has 0 aromatic rings. The van der Waals surface area contributed by atoms with E-state index in [0.29, 0.717) is 6.42 Å². The molecule has 104 valence electrons. The minimum atomic E-state index is -0.142. The highest BCUT2D eigenvalue weighted by Gasteiger charge is 2.13. The first kappa shape index (κ1) is 15.8. The molecule has 0 amide bonds. The number of methoxy groups -OCH3 is 1. The van der Waals surface area contributed by atoms with Crippen LogP contribution in [-0.2, 0) is 9.53 Å². The van der Waals surface area contributed by atoms with Crippen LogP contribution in [0, 0.1) is 5.92 Å². The monoisotopic (exact) mass is 289 g/mol. The van der Waals surface area contributed by atoms with Crippen LogP contribution in [0.1, 0.15) is 44.9 Å². The van der Waals surface area contributed by atoms with Crippen LogP contribution in [0.3, 0.4) is 0 Å². The molecule has 1 aliphatic rings. The Bertz CT molecular complexity index is 266. The second-order valence-electron chi connectivity index (χ2n) is 4.70. The van der Waals surface area contributed by atoms with E-state index in [1.54, 1.807) is 11.8 Å². The molecule has 0 unspecified atom stereocenters. The predicted octanol–water partition coefficient (Wildman–Crippen LogP) is 3.13. The highest BCUT2D eigenvalue weighted by Crippen LogP contribution is 2.23. The van der Waals surface area contributed by atoms with Crippen molar-refractivity contribution in [2.45, 2.75) is 44.9 Å². The third-order valence-corrected chi connectivity index (χ3v) is 4.64. The fourth-order valence-corrected chi connectivity index (χ4v) is 3.15. The van der Waals surface area contributed by atoms with Crippen molar-refractivity contribution in [1.29, 1.82) is 0 Å². The van der Waals surface area contributed by atoms with Gasteiger partial charge in [-0.3, -0.25) is 4.79 Å². The molecule has 1 fully saturated rings. The summed E-state index contributed by atoms with van der Waals surface area (Å²) in [5.74, 6) is 1.54. The summed E-state index contributed by atoms with van der Waals surface area (Å²) >= 11 is 6.90. The summed E-state index contributed by atoms with van der Waals surface area (Å²) in [5.41, 5.74) is 0. The van der Waals surface area contributed by atoms with Crippen LogP contribution in [0.5, 0.6) is 0 Å². The minimum absolute atomic E-state index is 0.142. The molecule has 3 nitrogen and oxygen atoms in total. The molecular formula is C13H23NO2S2. The maximum Gasteiger partial charge on any atom is 0.305 e. The first-order valence-electron chi connectivity index (χ1n) is 6.70. The Morgan fingerprint density at radius 2 is 2.11 bits per heavy atom. The molecule has 0 saturated heterocycles. The van der Waals surface area contributed by atoms with Gasteiger partial charge in [0.25, 0.3) is 0 Å². The number of thiocarbonyl (C=S) groups is 1. The van der Waals surface area contributed by atoms with Crippen LogP contribution in [-0.4, -0.2) is 29.7 Å². The van der Waals surface area contributed by atoms with Gasteiger partial charge in [0.05, 0.1) is 7.11 Å².